The molecule has 194 valence electrons. The van der Waals surface area contributed by atoms with E-state index in [1.807, 2.05) is 0 Å². The molecule has 6 rings (SSSR count). The van der Waals surface area contributed by atoms with Crippen LogP contribution >= 0.6 is 0 Å². The number of rotatable bonds is 3. The van der Waals surface area contributed by atoms with E-state index in [0.29, 0.717) is 11.0 Å². The van der Waals surface area contributed by atoms with E-state index in [9.17, 15) is 8.42 Å². The molecule has 1 saturated heterocycles. The molecule has 5 aliphatic rings. The molecule has 1 aromatic carbocycles. The summed E-state index contributed by atoms with van der Waals surface area (Å²) in [7, 11) is 0.497. The molecule has 1 spiro atoms. The van der Waals surface area contributed by atoms with E-state index < -0.39 is 10.0 Å². The highest BCUT2D eigenvalue weighted by atomic mass is 32.2. The maximum Gasteiger partial charge on any atom is 0.243 e. The van der Waals surface area contributed by atoms with E-state index in [1.165, 1.54) is 44.2 Å². The predicted molar refractivity (Wildman–Crippen MR) is 142 cm³/mol. The van der Waals surface area contributed by atoms with E-state index in [2.05, 4.69) is 37.9 Å². The van der Waals surface area contributed by atoms with Gasteiger partial charge in [-0.15, -0.1) is 0 Å². The first-order valence-electron chi connectivity index (χ1n) is 14.0. The molecule has 0 radical (unpaired) electrons. The first kappa shape index (κ1) is 24.6. The Morgan fingerprint density at radius 1 is 1.06 bits per heavy atom. The standard InChI is InChI=1S/C30H41N3O2S/c1-20-26-11-12-28-25-10-7-22-17-23(33(4)36(34,35)24-8-5-21(18-31)6-9-24)13-15-29(22,2)27(25)14-16-30(26,28)19-32(20)3/h5-9,20,23,25-28H,10-17,19H2,1-4H3/t20-,23-,25+,26+,27?,28-,29-,30-/m0/s1. The molecule has 0 bridgehead atoms. The van der Waals surface area contributed by atoms with Gasteiger partial charge in [0.05, 0.1) is 16.5 Å². The van der Waals surface area contributed by atoms with Gasteiger partial charge in [-0.1, -0.05) is 18.6 Å². The Kier molecular flexibility index (Phi) is 5.76. The second-order valence-electron chi connectivity index (χ2n) is 12.9. The molecule has 36 heavy (non-hydrogen) atoms. The Bertz CT molecular complexity index is 1220. The second kappa shape index (κ2) is 8.41. The summed E-state index contributed by atoms with van der Waals surface area (Å²) in [6, 6.07) is 9.10. The van der Waals surface area contributed by atoms with E-state index in [-0.39, 0.29) is 16.4 Å². The zero-order chi connectivity index (χ0) is 25.5. The van der Waals surface area contributed by atoms with Crippen LogP contribution in [0.4, 0.5) is 0 Å². The first-order valence-corrected chi connectivity index (χ1v) is 15.4. The van der Waals surface area contributed by atoms with Gasteiger partial charge in [-0.05, 0) is 124 Å². The lowest BCUT2D eigenvalue weighted by Gasteiger charge is -2.58. The molecule has 8 atom stereocenters. The molecule has 6 heteroatoms. The number of allylic oxidation sites excluding steroid dienone is 1. The van der Waals surface area contributed by atoms with Crippen molar-refractivity contribution in [1.29, 1.82) is 5.26 Å². The van der Waals surface area contributed by atoms with Crippen LogP contribution in [0.15, 0.2) is 40.8 Å². The maximum absolute atomic E-state index is 13.4. The monoisotopic (exact) mass is 507 g/mol. The van der Waals surface area contributed by atoms with Crippen molar-refractivity contribution < 1.29 is 8.42 Å². The summed E-state index contributed by atoms with van der Waals surface area (Å²) >= 11 is 0. The molecule has 1 heterocycles. The molecule has 4 fully saturated rings. The summed E-state index contributed by atoms with van der Waals surface area (Å²) in [6.07, 6.45) is 12.1. The lowest BCUT2D eigenvalue weighted by Crippen LogP contribution is -2.53. The topological polar surface area (TPSA) is 64.4 Å². The summed E-state index contributed by atoms with van der Waals surface area (Å²) < 4.78 is 28.4. The third-order valence-corrected chi connectivity index (χ3v) is 13.8. The number of fused-ring (bicyclic) bond motifs is 4. The first-order chi connectivity index (χ1) is 17.1. The van der Waals surface area contributed by atoms with Crippen molar-refractivity contribution >= 4 is 10.0 Å². The molecule has 0 N–H and O–H groups in total. The van der Waals surface area contributed by atoms with E-state index in [1.54, 1.807) is 35.6 Å². The van der Waals surface area contributed by atoms with Crippen LogP contribution in [0.2, 0.25) is 0 Å². The van der Waals surface area contributed by atoms with Crippen LogP contribution in [-0.2, 0) is 10.0 Å². The van der Waals surface area contributed by atoms with Crippen LogP contribution in [0.1, 0.15) is 70.8 Å². The molecule has 3 saturated carbocycles. The smallest absolute Gasteiger partial charge is 0.243 e. The van der Waals surface area contributed by atoms with Gasteiger partial charge in [-0.3, -0.25) is 0 Å². The fourth-order valence-corrected chi connectivity index (χ4v) is 11.2. The van der Waals surface area contributed by atoms with Crippen molar-refractivity contribution in [2.24, 2.45) is 34.5 Å². The molecule has 0 amide bonds. The second-order valence-corrected chi connectivity index (χ2v) is 14.9. The lowest BCUT2D eigenvalue weighted by molar-refractivity contribution is -0.0419. The number of benzene rings is 1. The van der Waals surface area contributed by atoms with Gasteiger partial charge in [0.25, 0.3) is 0 Å². The molecule has 4 aliphatic carbocycles. The normalized spacial score (nSPS) is 42.2. The van der Waals surface area contributed by atoms with Gasteiger partial charge >= 0.3 is 0 Å². The lowest BCUT2D eigenvalue weighted by atomic mass is 9.47. The van der Waals surface area contributed by atoms with Crippen molar-refractivity contribution in [2.45, 2.75) is 82.2 Å². The van der Waals surface area contributed by atoms with Gasteiger partial charge < -0.3 is 4.90 Å². The van der Waals surface area contributed by atoms with Crippen LogP contribution in [0, 0.1) is 45.8 Å². The highest BCUT2D eigenvalue weighted by Crippen LogP contribution is 2.68. The SMILES string of the molecule is C[C@H]1[C@H]2CC[C@H]3[C@@H]4CC=C5C[C@@H](N(C)S(=O)(=O)c6ccc(C#N)cc6)CC[C@]5(C)C4CC[C@]23CN1C. The van der Waals surface area contributed by atoms with Gasteiger partial charge in [0.1, 0.15) is 0 Å². The Labute approximate surface area is 217 Å². The van der Waals surface area contributed by atoms with Crippen molar-refractivity contribution in [3.05, 3.63) is 41.5 Å². The number of nitrogens with zero attached hydrogens (tertiary/aromatic N) is 3. The number of likely N-dealkylation sites (tertiary alicyclic amines) is 1. The summed E-state index contributed by atoms with van der Waals surface area (Å²) in [6.45, 7) is 6.26. The highest BCUT2D eigenvalue weighted by molar-refractivity contribution is 7.89. The van der Waals surface area contributed by atoms with Crippen molar-refractivity contribution in [3.63, 3.8) is 0 Å². The summed E-state index contributed by atoms with van der Waals surface area (Å²) in [5, 5.41) is 9.06. The fraction of sp³-hybridized carbons (Fsp3) is 0.700. The van der Waals surface area contributed by atoms with E-state index in [4.69, 9.17) is 5.26 Å². The summed E-state index contributed by atoms with van der Waals surface area (Å²) in [5.41, 5.74) is 2.76. The Balaban J connectivity index is 1.23. The minimum absolute atomic E-state index is 0.00311. The molecule has 0 aromatic heterocycles. The van der Waals surface area contributed by atoms with Crippen LogP contribution in [0.3, 0.4) is 0 Å². The largest absolute Gasteiger partial charge is 0.303 e. The van der Waals surface area contributed by atoms with Crippen molar-refractivity contribution in [2.75, 3.05) is 20.6 Å². The Morgan fingerprint density at radius 2 is 1.78 bits per heavy atom. The summed E-state index contributed by atoms with van der Waals surface area (Å²) in [4.78, 5) is 2.91. The van der Waals surface area contributed by atoms with Gasteiger partial charge in [-0.25, -0.2) is 8.42 Å². The molecular weight excluding hydrogens is 466 g/mol. The quantitative estimate of drug-likeness (QED) is 0.511. The third-order valence-electron chi connectivity index (χ3n) is 11.9. The molecule has 5 nitrogen and oxygen atoms in total. The van der Waals surface area contributed by atoms with Crippen LogP contribution < -0.4 is 0 Å². The van der Waals surface area contributed by atoms with Gasteiger partial charge in [-0.2, -0.15) is 9.57 Å². The minimum Gasteiger partial charge on any atom is -0.303 e. The van der Waals surface area contributed by atoms with Crippen molar-refractivity contribution in [1.82, 2.24) is 9.21 Å². The van der Waals surface area contributed by atoms with Gasteiger partial charge in [0, 0.05) is 25.7 Å². The van der Waals surface area contributed by atoms with E-state index >= 15 is 0 Å². The Hall–Kier alpha value is -1.68. The van der Waals surface area contributed by atoms with Crippen LogP contribution in [0.5, 0.6) is 0 Å². The average molecular weight is 508 g/mol. The zero-order valence-electron chi connectivity index (χ0n) is 22.3. The van der Waals surface area contributed by atoms with Gasteiger partial charge in [0.15, 0.2) is 0 Å². The molecule has 1 aliphatic heterocycles. The van der Waals surface area contributed by atoms with Crippen molar-refractivity contribution in [3.8, 4) is 6.07 Å². The third kappa shape index (κ3) is 3.35. The van der Waals surface area contributed by atoms with Gasteiger partial charge in [0.2, 0.25) is 10.0 Å². The Morgan fingerprint density at radius 3 is 2.50 bits per heavy atom. The summed E-state index contributed by atoms with van der Waals surface area (Å²) in [5.74, 6) is 3.28. The number of hydrogen-bond acceptors (Lipinski definition) is 4. The fourth-order valence-electron chi connectivity index (χ4n) is 9.82. The zero-order valence-corrected chi connectivity index (χ0v) is 23.1. The molecule has 1 unspecified atom stereocenters. The van der Waals surface area contributed by atoms with Crippen LogP contribution in [-0.4, -0.2) is 50.3 Å². The molecular formula is C30H41N3O2S. The van der Waals surface area contributed by atoms with Crippen LogP contribution in [0.25, 0.3) is 0 Å². The maximum atomic E-state index is 13.4. The highest BCUT2D eigenvalue weighted by Gasteiger charge is 2.64. The molecule has 1 aromatic rings. The average Bonchev–Trinajstić information content (AvgIpc) is 3.36. The predicted octanol–water partition coefficient (Wildman–Crippen LogP) is 5.44. The minimum atomic E-state index is -3.59. The number of hydrogen-bond donors (Lipinski definition) is 0. The number of sulfonamides is 1. The van der Waals surface area contributed by atoms with E-state index in [0.717, 1.165) is 49.0 Å². The number of nitriles is 1.